The SMILES string of the molecule is CC1CCN(C(CNC(=O)CCNS(=O)(=O)/C=C/c2ccccc2)c2cccs2)CC1. The first-order valence-corrected chi connectivity index (χ1v) is 13.1. The molecular weight excluding hydrogens is 430 g/mol. The number of sulfonamides is 1. The van der Waals surface area contributed by atoms with Gasteiger partial charge in [-0.25, -0.2) is 13.1 Å². The average Bonchev–Trinajstić information content (AvgIpc) is 3.29. The first-order valence-electron chi connectivity index (χ1n) is 10.7. The Kier molecular flexibility index (Phi) is 8.83. The van der Waals surface area contributed by atoms with Gasteiger partial charge in [0.05, 0.1) is 6.04 Å². The zero-order chi connectivity index (χ0) is 22.1. The lowest BCUT2D eigenvalue weighted by molar-refractivity contribution is -0.121. The highest BCUT2D eigenvalue weighted by molar-refractivity contribution is 7.92. The Morgan fingerprint density at radius 3 is 2.61 bits per heavy atom. The Bertz CT molecular complexity index is 936. The van der Waals surface area contributed by atoms with E-state index in [9.17, 15) is 13.2 Å². The summed E-state index contributed by atoms with van der Waals surface area (Å²) in [5, 5.41) is 6.19. The highest BCUT2D eigenvalue weighted by Crippen LogP contribution is 2.29. The summed E-state index contributed by atoms with van der Waals surface area (Å²) in [5.41, 5.74) is 0.803. The van der Waals surface area contributed by atoms with E-state index in [1.165, 1.54) is 23.8 Å². The first-order chi connectivity index (χ1) is 14.9. The third kappa shape index (κ3) is 7.88. The van der Waals surface area contributed by atoms with Gasteiger partial charge in [0.1, 0.15) is 0 Å². The van der Waals surface area contributed by atoms with Gasteiger partial charge in [-0.2, -0.15) is 0 Å². The van der Waals surface area contributed by atoms with Crippen LogP contribution < -0.4 is 10.0 Å². The highest BCUT2D eigenvalue weighted by Gasteiger charge is 2.25. The summed E-state index contributed by atoms with van der Waals surface area (Å²) < 4.78 is 26.7. The quantitative estimate of drug-likeness (QED) is 0.567. The number of carbonyl (C=O) groups is 1. The van der Waals surface area contributed by atoms with Crippen LogP contribution in [0.3, 0.4) is 0 Å². The van der Waals surface area contributed by atoms with E-state index in [0.29, 0.717) is 6.54 Å². The molecule has 6 nitrogen and oxygen atoms in total. The number of nitrogens with one attached hydrogen (secondary N) is 2. The van der Waals surface area contributed by atoms with Crippen LogP contribution >= 0.6 is 11.3 Å². The molecule has 0 bridgehead atoms. The number of carbonyl (C=O) groups excluding carboxylic acids is 1. The van der Waals surface area contributed by atoms with E-state index in [2.05, 4.69) is 33.3 Å². The lowest BCUT2D eigenvalue weighted by atomic mass is 9.97. The Morgan fingerprint density at radius 1 is 1.19 bits per heavy atom. The highest BCUT2D eigenvalue weighted by atomic mass is 32.2. The molecule has 31 heavy (non-hydrogen) atoms. The Balaban J connectivity index is 1.45. The summed E-state index contributed by atoms with van der Waals surface area (Å²) in [6.07, 6.45) is 3.99. The van der Waals surface area contributed by atoms with Crippen molar-refractivity contribution >= 4 is 33.3 Å². The Morgan fingerprint density at radius 2 is 1.94 bits per heavy atom. The van der Waals surface area contributed by atoms with Crippen LogP contribution in [0.25, 0.3) is 6.08 Å². The summed E-state index contributed by atoms with van der Waals surface area (Å²) in [4.78, 5) is 16.0. The number of piperidine rings is 1. The number of hydrogen-bond donors (Lipinski definition) is 2. The third-order valence-corrected chi connectivity index (χ3v) is 7.59. The number of thiophene rings is 1. The van der Waals surface area contributed by atoms with Gasteiger partial charge in [0, 0.05) is 29.8 Å². The predicted molar refractivity (Wildman–Crippen MR) is 127 cm³/mol. The van der Waals surface area contributed by atoms with Crippen LogP contribution in [0, 0.1) is 5.92 Å². The molecule has 1 aliphatic heterocycles. The maximum absolute atomic E-state index is 12.3. The molecule has 0 aliphatic carbocycles. The number of amides is 1. The van der Waals surface area contributed by atoms with Crippen molar-refractivity contribution in [2.24, 2.45) is 5.92 Å². The van der Waals surface area contributed by atoms with Crippen LogP contribution in [0.1, 0.15) is 42.7 Å². The lowest BCUT2D eigenvalue weighted by Gasteiger charge is -2.36. The average molecular weight is 462 g/mol. The predicted octanol–water partition coefficient (Wildman–Crippen LogP) is 3.62. The molecule has 1 saturated heterocycles. The second-order valence-electron chi connectivity index (χ2n) is 7.96. The van der Waals surface area contributed by atoms with E-state index < -0.39 is 10.0 Å². The lowest BCUT2D eigenvalue weighted by Crippen LogP contribution is -2.42. The number of benzene rings is 1. The fourth-order valence-electron chi connectivity index (χ4n) is 3.62. The smallest absolute Gasteiger partial charge is 0.233 e. The van der Waals surface area contributed by atoms with Crippen molar-refractivity contribution in [3.63, 3.8) is 0 Å². The molecule has 3 rings (SSSR count). The minimum absolute atomic E-state index is 0.0677. The summed E-state index contributed by atoms with van der Waals surface area (Å²) in [7, 11) is -3.58. The summed E-state index contributed by atoms with van der Waals surface area (Å²) in [6, 6.07) is 13.5. The van der Waals surface area contributed by atoms with E-state index >= 15 is 0 Å². The van der Waals surface area contributed by atoms with Gasteiger partial charge < -0.3 is 5.32 Å². The molecule has 168 valence electrons. The minimum Gasteiger partial charge on any atom is -0.354 e. The molecule has 1 unspecified atom stereocenters. The topological polar surface area (TPSA) is 78.5 Å². The molecule has 2 aromatic rings. The fraction of sp³-hybridized carbons (Fsp3) is 0.435. The van der Waals surface area contributed by atoms with Crippen LogP contribution in [-0.2, 0) is 14.8 Å². The second kappa shape index (κ2) is 11.6. The first kappa shape index (κ1) is 23.7. The van der Waals surface area contributed by atoms with Crippen molar-refractivity contribution in [1.29, 1.82) is 0 Å². The maximum atomic E-state index is 12.3. The van der Waals surface area contributed by atoms with E-state index in [-0.39, 0.29) is 24.9 Å². The molecule has 1 aliphatic rings. The summed E-state index contributed by atoms with van der Waals surface area (Å²) >= 11 is 1.71. The molecule has 1 atom stereocenters. The number of nitrogens with zero attached hydrogens (tertiary/aromatic N) is 1. The Labute approximate surface area is 189 Å². The van der Waals surface area contributed by atoms with E-state index in [0.717, 1.165) is 30.0 Å². The molecule has 1 fully saturated rings. The molecule has 0 radical (unpaired) electrons. The molecular formula is C23H31N3O3S2. The monoisotopic (exact) mass is 461 g/mol. The molecule has 0 spiro atoms. The van der Waals surface area contributed by atoms with Gasteiger partial charge in [-0.05, 0) is 54.9 Å². The molecule has 2 N–H and O–H groups in total. The van der Waals surface area contributed by atoms with Crippen molar-refractivity contribution in [2.45, 2.75) is 32.2 Å². The van der Waals surface area contributed by atoms with Gasteiger partial charge in [-0.3, -0.25) is 9.69 Å². The van der Waals surface area contributed by atoms with E-state index in [4.69, 9.17) is 0 Å². The van der Waals surface area contributed by atoms with Crippen LogP contribution in [0.5, 0.6) is 0 Å². The third-order valence-electron chi connectivity index (χ3n) is 5.52. The normalized spacial score (nSPS) is 17.1. The van der Waals surface area contributed by atoms with Gasteiger partial charge in [0.2, 0.25) is 15.9 Å². The molecule has 1 aromatic heterocycles. The van der Waals surface area contributed by atoms with Gasteiger partial charge in [0.25, 0.3) is 0 Å². The number of rotatable bonds is 10. The van der Waals surface area contributed by atoms with Crippen LogP contribution in [0.4, 0.5) is 0 Å². The van der Waals surface area contributed by atoms with Crippen molar-refractivity contribution in [3.8, 4) is 0 Å². The molecule has 0 saturated carbocycles. The second-order valence-corrected chi connectivity index (χ2v) is 10.6. The van der Waals surface area contributed by atoms with Crippen molar-refractivity contribution in [1.82, 2.24) is 14.9 Å². The van der Waals surface area contributed by atoms with Gasteiger partial charge in [0.15, 0.2) is 0 Å². The van der Waals surface area contributed by atoms with Crippen LogP contribution in [0.15, 0.2) is 53.3 Å². The van der Waals surface area contributed by atoms with Crippen molar-refractivity contribution in [2.75, 3.05) is 26.2 Å². The van der Waals surface area contributed by atoms with Crippen LogP contribution in [0.2, 0.25) is 0 Å². The number of likely N-dealkylation sites (tertiary alicyclic amines) is 1. The summed E-state index contributed by atoms with van der Waals surface area (Å²) in [6.45, 7) is 4.96. The van der Waals surface area contributed by atoms with Gasteiger partial charge in [-0.1, -0.05) is 43.3 Å². The summed E-state index contributed by atoms with van der Waals surface area (Å²) in [5.74, 6) is 0.598. The standard InChI is InChI=1S/C23H31N3O3S2/c1-19-10-14-26(15-11-19)21(22-8-5-16-30-22)18-24-23(27)9-13-25-31(28,29)17-12-20-6-3-2-4-7-20/h2-8,12,16-17,19,21,25H,9-11,13-15,18H2,1H3,(H,24,27)/b17-12+. The fourth-order valence-corrected chi connectivity index (χ4v) is 5.30. The zero-order valence-corrected chi connectivity index (χ0v) is 19.5. The largest absolute Gasteiger partial charge is 0.354 e. The van der Waals surface area contributed by atoms with E-state index in [1.54, 1.807) is 11.3 Å². The van der Waals surface area contributed by atoms with Crippen molar-refractivity contribution in [3.05, 3.63) is 63.7 Å². The van der Waals surface area contributed by atoms with Gasteiger partial charge in [-0.15, -0.1) is 11.3 Å². The number of hydrogen-bond acceptors (Lipinski definition) is 5. The maximum Gasteiger partial charge on any atom is 0.233 e. The van der Waals surface area contributed by atoms with Gasteiger partial charge >= 0.3 is 0 Å². The molecule has 1 amide bonds. The van der Waals surface area contributed by atoms with E-state index in [1.807, 2.05) is 36.4 Å². The Hall–Kier alpha value is -2.00. The molecule has 8 heteroatoms. The van der Waals surface area contributed by atoms with Crippen LogP contribution in [-0.4, -0.2) is 45.4 Å². The molecule has 2 heterocycles. The molecule has 1 aromatic carbocycles. The minimum atomic E-state index is -3.58. The van der Waals surface area contributed by atoms with Crippen molar-refractivity contribution < 1.29 is 13.2 Å². The zero-order valence-electron chi connectivity index (χ0n) is 17.9.